The molecule has 0 heterocycles. The minimum Gasteiger partial charge on any atom is -0.461 e. The second-order valence-electron chi connectivity index (χ2n) is 5.50. The van der Waals surface area contributed by atoms with Gasteiger partial charge in [-0.2, -0.15) is 0 Å². The van der Waals surface area contributed by atoms with Crippen LogP contribution in [0.5, 0.6) is 0 Å². The van der Waals surface area contributed by atoms with Gasteiger partial charge in [-0.1, -0.05) is 60.7 Å². The number of ether oxygens (including phenoxy) is 2. The molecule has 0 aliphatic heterocycles. The largest absolute Gasteiger partial charge is 0.461 e. The molecule has 0 aliphatic rings. The molecule has 0 N–H and O–H groups in total. The number of rotatable bonds is 9. The Balaban J connectivity index is 0.00000312. The van der Waals surface area contributed by atoms with Crippen LogP contribution in [0.4, 0.5) is 0 Å². The predicted octanol–water partition coefficient (Wildman–Crippen LogP) is 3.65. The maximum atomic E-state index is 11.6. The van der Waals surface area contributed by atoms with E-state index in [1.807, 2.05) is 60.7 Å². The van der Waals surface area contributed by atoms with Crippen LogP contribution in [0.25, 0.3) is 0 Å². The summed E-state index contributed by atoms with van der Waals surface area (Å²) in [6.07, 6.45) is 1.87. The summed E-state index contributed by atoms with van der Waals surface area (Å²) in [5.74, 6) is -0.479. The maximum absolute atomic E-state index is 11.6. The van der Waals surface area contributed by atoms with Crippen LogP contribution in [-0.4, -0.2) is 35.8 Å². The number of carbonyl (C=O) groups excluding carboxylic acids is 2. The van der Waals surface area contributed by atoms with E-state index in [-0.39, 0.29) is 35.8 Å². The summed E-state index contributed by atoms with van der Waals surface area (Å²) in [5, 5.41) is 0. The van der Waals surface area contributed by atoms with Crippen molar-refractivity contribution in [1.29, 1.82) is 0 Å². The quantitative estimate of drug-likeness (QED) is 0.336. The van der Waals surface area contributed by atoms with Crippen molar-refractivity contribution in [2.45, 2.75) is 38.9 Å². The van der Waals surface area contributed by atoms with Crippen molar-refractivity contribution >= 4 is 35.8 Å². The Labute approximate surface area is 165 Å². The molecular formula is C20H22O4Sn. The molecular weight excluding hydrogens is 423 g/mol. The zero-order valence-electron chi connectivity index (χ0n) is 14.1. The Hall–Kier alpha value is -1.82. The van der Waals surface area contributed by atoms with Gasteiger partial charge in [0.05, 0.1) is 0 Å². The van der Waals surface area contributed by atoms with E-state index in [1.165, 1.54) is 0 Å². The minimum absolute atomic E-state index is 0. The van der Waals surface area contributed by atoms with E-state index in [4.69, 9.17) is 9.47 Å². The molecule has 4 radical (unpaired) electrons. The van der Waals surface area contributed by atoms with Crippen LogP contribution >= 0.6 is 0 Å². The average molecular weight is 445 g/mol. The third-order valence-electron chi connectivity index (χ3n) is 3.50. The number of benzene rings is 2. The van der Waals surface area contributed by atoms with Crippen LogP contribution in [0.15, 0.2) is 60.7 Å². The molecule has 0 aliphatic carbocycles. The molecule has 2 aromatic rings. The van der Waals surface area contributed by atoms with Crippen LogP contribution in [0.1, 0.15) is 36.8 Å². The first-order chi connectivity index (χ1) is 11.7. The SMILES string of the molecule is O=C(CCCCC(=O)OCc1ccccc1)OCc1ccccc1.[Sn]. The molecule has 0 spiro atoms. The van der Waals surface area contributed by atoms with Crippen molar-refractivity contribution in [2.24, 2.45) is 0 Å². The first-order valence-corrected chi connectivity index (χ1v) is 8.13. The summed E-state index contributed by atoms with van der Waals surface area (Å²) in [4.78, 5) is 23.3. The fourth-order valence-electron chi connectivity index (χ4n) is 2.16. The average Bonchev–Trinajstić information content (AvgIpc) is 2.63. The van der Waals surface area contributed by atoms with Crippen LogP contribution in [0, 0.1) is 0 Å². The van der Waals surface area contributed by atoms with Crippen molar-refractivity contribution in [3.63, 3.8) is 0 Å². The molecule has 2 rings (SSSR count). The Morgan fingerprint density at radius 1 is 0.640 bits per heavy atom. The first-order valence-electron chi connectivity index (χ1n) is 8.13. The van der Waals surface area contributed by atoms with Crippen molar-refractivity contribution in [2.75, 3.05) is 0 Å². The fraction of sp³-hybridized carbons (Fsp3) is 0.300. The molecule has 0 saturated heterocycles. The molecule has 0 amide bonds. The van der Waals surface area contributed by atoms with Crippen molar-refractivity contribution < 1.29 is 19.1 Å². The Morgan fingerprint density at radius 2 is 1.00 bits per heavy atom. The molecule has 0 fully saturated rings. The number of carbonyl (C=O) groups is 2. The van der Waals surface area contributed by atoms with Crippen LogP contribution < -0.4 is 0 Å². The summed E-state index contributed by atoms with van der Waals surface area (Å²) < 4.78 is 10.4. The molecule has 4 nitrogen and oxygen atoms in total. The van der Waals surface area contributed by atoms with E-state index in [0.717, 1.165) is 11.1 Å². The summed E-state index contributed by atoms with van der Waals surface area (Å²) in [6, 6.07) is 19.1. The summed E-state index contributed by atoms with van der Waals surface area (Å²) >= 11 is 0. The molecule has 130 valence electrons. The van der Waals surface area contributed by atoms with Gasteiger partial charge in [0.25, 0.3) is 0 Å². The van der Waals surface area contributed by atoms with Gasteiger partial charge >= 0.3 is 11.9 Å². The van der Waals surface area contributed by atoms with Gasteiger partial charge in [0, 0.05) is 36.7 Å². The van der Waals surface area contributed by atoms with Gasteiger partial charge in [0.15, 0.2) is 0 Å². The van der Waals surface area contributed by atoms with E-state index in [2.05, 4.69) is 0 Å². The van der Waals surface area contributed by atoms with Crippen LogP contribution in [0.3, 0.4) is 0 Å². The molecule has 25 heavy (non-hydrogen) atoms. The monoisotopic (exact) mass is 446 g/mol. The minimum atomic E-state index is -0.239. The van der Waals surface area contributed by atoms with Gasteiger partial charge in [-0.3, -0.25) is 9.59 Å². The van der Waals surface area contributed by atoms with E-state index in [9.17, 15) is 9.59 Å². The van der Waals surface area contributed by atoms with Gasteiger partial charge in [0.2, 0.25) is 0 Å². The molecule has 0 aromatic heterocycles. The fourth-order valence-corrected chi connectivity index (χ4v) is 2.16. The van der Waals surface area contributed by atoms with Crippen LogP contribution in [0.2, 0.25) is 0 Å². The maximum Gasteiger partial charge on any atom is 0.306 e. The smallest absolute Gasteiger partial charge is 0.306 e. The van der Waals surface area contributed by atoms with Gasteiger partial charge < -0.3 is 9.47 Å². The summed E-state index contributed by atoms with van der Waals surface area (Å²) in [5.41, 5.74) is 1.94. The van der Waals surface area contributed by atoms with Crippen molar-refractivity contribution in [3.05, 3.63) is 71.8 Å². The Morgan fingerprint density at radius 3 is 1.36 bits per heavy atom. The van der Waals surface area contributed by atoms with Gasteiger partial charge in [-0.05, 0) is 24.0 Å². The number of hydrogen-bond donors (Lipinski definition) is 0. The first kappa shape index (κ1) is 21.2. The summed E-state index contributed by atoms with van der Waals surface area (Å²) in [7, 11) is 0. The normalized spacial score (nSPS) is 9.76. The Kier molecular flexibility index (Phi) is 10.6. The molecule has 0 unspecified atom stereocenters. The standard InChI is InChI=1S/C20H22O4.Sn/c21-19(23-15-17-9-3-1-4-10-17)13-7-8-14-20(22)24-16-18-11-5-2-6-12-18;/h1-6,9-12H,7-8,13-16H2;. The third-order valence-corrected chi connectivity index (χ3v) is 3.50. The topological polar surface area (TPSA) is 52.6 Å². The van der Waals surface area contributed by atoms with Gasteiger partial charge in [-0.15, -0.1) is 0 Å². The molecule has 0 atom stereocenters. The molecule has 0 saturated carbocycles. The third kappa shape index (κ3) is 9.29. The second kappa shape index (κ2) is 12.5. The van der Waals surface area contributed by atoms with Crippen molar-refractivity contribution in [3.8, 4) is 0 Å². The number of hydrogen-bond acceptors (Lipinski definition) is 4. The second-order valence-corrected chi connectivity index (χ2v) is 5.50. The van der Waals surface area contributed by atoms with E-state index in [0.29, 0.717) is 38.9 Å². The van der Waals surface area contributed by atoms with Gasteiger partial charge in [-0.25, -0.2) is 0 Å². The van der Waals surface area contributed by atoms with E-state index >= 15 is 0 Å². The molecule has 5 heteroatoms. The zero-order chi connectivity index (χ0) is 17.0. The van der Waals surface area contributed by atoms with Crippen molar-refractivity contribution in [1.82, 2.24) is 0 Å². The Bertz CT molecular complexity index is 571. The zero-order valence-corrected chi connectivity index (χ0v) is 17.0. The number of unbranched alkanes of at least 4 members (excludes halogenated alkanes) is 1. The van der Waals surface area contributed by atoms with E-state index in [1.54, 1.807) is 0 Å². The molecule has 2 aromatic carbocycles. The van der Waals surface area contributed by atoms with Crippen LogP contribution in [-0.2, 0) is 32.3 Å². The predicted molar refractivity (Wildman–Crippen MR) is 96.7 cm³/mol. The van der Waals surface area contributed by atoms with Gasteiger partial charge in [0.1, 0.15) is 13.2 Å². The van der Waals surface area contributed by atoms with E-state index < -0.39 is 0 Å². The number of esters is 2. The summed E-state index contributed by atoms with van der Waals surface area (Å²) in [6.45, 7) is 0.581. The molecule has 0 bridgehead atoms.